The van der Waals surface area contributed by atoms with E-state index in [0.717, 1.165) is 0 Å². The number of amides is 3. The number of nitrogens with zero attached hydrogens (tertiary/aromatic N) is 2. The van der Waals surface area contributed by atoms with E-state index in [0.29, 0.717) is 27.8 Å². The summed E-state index contributed by atoms with van der Waals surface area (Å²) in [6.45, 7) is 2.08. The molecule has 3 rings (SSSR count). The molecule has 10 heteroatoms. The molecule has 0 radical (unpaired) electrons. The number of anilines is 1. The number of hydrogen-bond donors (Lipinski definition) is 2. The van der Waals surface area contributed by atoms with Gasteiger partial charge in [-0.25, -0.2) is 5.01 Å². The van der Waals surface area contributed by atoms with Gasteiger partial charge >= 0.3 is 0 Å². The Morgan fingerprint density at radius 2 is 1.60 bits per heavy atom. The Hall–Kier alpha value is -2.68. The summed E-state index contributed by atoms with van der Waals surface area (Å²) in [7, 11) is 0. The van der Waals surface area contributed by atoms with Crippen molar-refractivity contribution in [3.05, 3.63) is 64.1 Å². The second-order valence-corrected chi connectivity index (χ2v) is 7.70. The maximum Gasteiger partial charge on any atom is 0.269 e. The van der Waals surface area contributed by atoms with Crippen molar-refractivity contribution in [3.63, 3.8) is 0 Å². The predicted molar refractivity (Wildman–Crippen MR) is 119 cm³/mol. The highest BCUT2D eigenvalue weighted by atomic mass is 35.5. The maximum atomic E-state index is 12.8. The Labute approximate surface area is 188 Å². The Balaban J connectivity index is 1.75. The first-order valence-corrected chi connectivity index (χ1v) is 10.2. The van der Waals surface area contributed by atoms with Crippen LogP contribution in [0.2, 0.25) is 10.0 Å². The summed E-state index contributed by atoms with van der Waals surface area (Å²) in [5.41, 5.74) is 3.52. The van der Waals surface area contributed by atoms with Gasteiger partial charge in [-0.3, -0.25) is 24.7 Å². The van der Waals surface area contributed by atoms with Gasteiger partial charge < -0.3 is 5.32 Å². The smallest absolute Gasteiger partial charge is 0.269 e. The lowest BCUT2D eigenvalue weighted by molar-refractivity contribution is -0.130. The van der Waals surface area contributed by atoms with Gasteiger partial charge in [0.05, 0.1) is 6.42 Å². The first-order valence-electron chi connectivity index (χ1n) is 9.06. The van der Waals surface area contributed by atoms with Crippen LogP contribution in [0.1, 0.15) is 23.7 Å². The third kappa shape index (κ3) is 4.89. The van der Waals surface area contributed by atoms with Crippen molar-refractivity contribution in [3.8, 4) is 0 Å². The number of hydrogen-bond acceptors (Lipinski definition) is 4. The van der Waals surface area contributed by atoms with Crippen LogP contribution in [0.25, 0.3) is 0 Å². The molecule has 156 valence electrons. The van der Waals surface area contributed by atoms with Crippen molar-refractivity contribution >= 4 is 63.9 Å². The third-order valence-electron chi connectivity index (χ3n) is 4.45. The summed E-state index contributed by atoms with van der Waals surface area (Å²) in [6, 6.07) is 11.9. The first kappa shape index (κ1) is 22.0. The largest absolute Gasteiger partial charge is 0.326 e. The van der Waals surface area contributed by atoms with Crippen LogP contribution in [-0.4, -0.2) is 45.3 Å². The van der Waals surface area contributed by atoms with Crippen LogP contribution in [0.4, 0.5) is 5.69 Å². The summed E-state index contributed by atoms with van der Waals surface area (Å²) in [5, 5.41) is 5.14. The second-order valence-electron chi connectivity index (χ2n) is 6.46. The summed E-state index contributed by atoms with van der Waals surface area (Å²) in [4.78, 5) is 39.3. The molecule has 1 unspecified atom stereocenters. The molecule has 2 aromatic rings. The molecular formula is C20H18Cl2N4O3S. The minimum Gasteiger partial charge on any atom is -0.326 e. The number of carbonyl (C=O) groups is 3. The Morgan fingerprint density at radius 3 is 2.17 bits per heavy atom. The molecule has 1 fully saturated rings. The fraction of sp³-hybridized carbons (Fsp3) is 0.200. The van der Waals surface area contributed by atoms with Crippen molar-refractivity contribution in [2.75, 3.05) is 11.9 Å². The van der Waals surface area contributed by atoms with Crippen molar-refractivity contribution < 1.29 is 14.4 Å². The summed E-state index contributed by atoms with van der Waals surface area (Å²) >= 11 is 17.1. The summed E-state index contributed by atoms with van der Waals surface area (Å²) in [6.07, 6.45) is -0.195. The van der Waals surface area contributed by atoms with Crippen LogP contribution in [0.15, 0.2) is 48.5 Å². The maximum absolute atomic E-state index is 12.8. The molecule has 0 aliphatic carbocycles. The van der Waals surface area contributed by atoms with E-state index in [1.54, 1.807) is 55.5 Å². The van der Waals surface area contributed by atoms with E-state index in [-0.39, 0.29) is 17.4 Å². The van der Waals surface area contributed by atoms with E-state index >= 15 is 0 Å². The van der Waals surface area contributed by atoms with Gasteiger partial charge in [-0.15, -0.1) is 0 Å². The minimum atomic E-state index is -0.957. The zero-order valence-corrected chi connectivity index (χ0v) is 18.2. The molecule has 0 aromatic heterocycles. The molecule has 0 saturated carbocycles. The number of nitrogens with one attached hydrogen (secondary N) is 2. The fourth-order valence-electron chi connectivity index (χ4n) is 2.94. The number of halogens is 2. The van der Waals surface area contributed by atoms with Crippen molar-refractivity contribution in [2.24, 2.45) is 0 Å². The zero-order valence-electron chi connectivity index (χ0n) is 15.9. The van der Waals surface area contributed by atoms with Gasteiger partial charge in [0, 0.05) is 27.8 Å². The number of carbonyl (C=O) groups excluding carboxylic acids is 3. The van der Waals surface area contributed by atoms with Crippen molar-refractivity contribution in [1.82, 2.24) is 15.3 Å². The number of rotatable bonds is 6. The van der Waals surface area contributed by atoms with Crippen LogP contribution in [0.5, 0.6) is 0 Å². The van der Waals surface area contributed by atoms with E-state index < -0.39 is 17.9 Å². The SMILES string of the molecule is CCN1C(=O)C(CC(=O)Nc2ccc(Cl)cc2)N(NC(=O)c2ccc(Cl)cc2)C1=S. The van der Waals surface area contributed by atoms with Gasteiger partial charge in [0.25, 0.3) is 11.8 Å². The third-order valence-corrected chi connectivity index (χ3v) is 5.37. The lowest BCUT2D eigenvalue weighted by Gasteiger charge is -2.24. The molecule has 3 amide bonds. The quantitative estimate of drug-likeness (QED) is 0.639. The second kappa shape index (κ2) is 9.42. The molecule has 30 heavy (non-hydrogen) atoms. The van der Waals surface area contributed by atoms with Crippen molar-refractivity contribution in [2.45, 2.75) is 19.4 Å². The van der Waals surface area contributed by atoms with Gasteiger partial charge in [0.15, 0.2) is 5.11 Å². The molecule has 1 saturated heterocycles. The average molecular weight is 465 g/mol. The lowest BCUT2D eigenvalue weighted by atomic mass is 10.1. The molecule has 1 heterocycles. The van der Waals surface area contributed by atoms with Crippen LogP contribution < -0.4 is 10.7 Å². The highest BCUT2D eigenvalue weighted by molar-refractivity contribution is 7.80. The first-order chi connectivity index (χ1) is 14.3. The zero-order chi connectivity index (χ0) is 21.8. The molecule has 1 aliphatic rings. The molecule has 1 aliphatic heterocycles. The Morgan fingerprint density at radius 1 is 1.03 bits per heavy atom. The van der Waals surface area contributed by atoms with E-state index in [4.69, 9.17) is 35.4 Å². The highest BCUT2D eigenvalue weighted by Crippen LogP contribution is 2.21. The molecule has 0 spiro atoms. The number of likely N-dealkylation sites (N-methyl/N-ethyl adjacent to an activating group) is 1. The Kier molecular flexibility index (Phi) is 6.91. The van der Waals surface area contributed by atoms with Crippen molar-refractivity contribution in [1.29, 1.82) is 0 Å². The highest BCUT2D eigenvalue weighted by Gasteiger charge is 2.43. The molecule has 1 atom stereocenters. The molecule has 2 aromatic carbocycles. The van der Waals surface area contributed by atoms with Gasteiger partial charge in [0.1, 0.15) is 6.04 Å². The predicted octanol–water partition coefficient (Wildman–Crippen LogP) is 3.48. The topological polar surface area (TPSA) is 81.8 Å². The standard InChI is InChI=1S/C20H18Cl2N4O3S/c1-2-25-19(29)16(11-17(27)23-15-9-7-14(22)8-10-15)26(20(25)30)24-18(28)12-3-5-13(21)6-4-12/h3-10,16H,2,11H2,1H3,(H,23,27)(H,24,28). The summed E-state index contributed by atoms with van der Waals surface area (Å²) in [5.74, 6) is -1.23. The Bertz CT molecular complexity index is 983. The molecule has 2 N–H and O–H groups in total. The van der Waals surface area contributed by atoms with Crippen LogP contribution in [-0.2, 0) is 9.59 Å². The molecule has 0 bridgehead atoms. The molecule has 7 nitrogen and oxygen atoms in total. The van der Waals surface area contributed by atoms with Gasteiger partial charge in [-0.1, -0.05) is 23.2 Å². The van der Waals surface area contributed by atoms with Gasteiger partial charge in [-0.05, 0) is 67.7 Å². The summed E-state index contributed by atoms with van der Waals surface area (Å²) < 4.78 is 0. The minimum absolute atomic E-state index is 0.133. The number of benzene rings is 2. The normalized spacial score (nSPS) is 16.0. The number of hydrazine groups is 1. The van der Waals surface area contributed by atoms with E-state index in [2.05, 4.69) is 10.7 Å². The van der Waals surface area contributed by atoms with Crippen LogP contribution in [0, 0.1) is 0 Å². The van der Waals surface area contributed by atoms with Crippen LogP contribution in [0.3, 0.4) is 0 Å². The fourth-order valence-corrected chi connectivity index (χ4v) is 3.58. The lowest BCUT2D eigenvalue weighted by Crippen LogP contribution is -2.49. The average Bonchev–Trinajstić information content (AvgIpc) is 2.93. The van der Waals surface area contributed by atoms with Gasteiger partial charge in [-0.2, -0.15) is 0 Å². The monoisotopic (exact) mass is 464 g/mol. The van der Waals surface area contributed by atoms with E-state index in [1.165, 1.54) is 9.91 Å². The van der Waals surface area contributed by atoms with Gasteiger partial charge in [0.2, 0.25) is 5.91 Å². The van der Waals surface area contributed by atoms with E-state index in [9.17, 15) is 14.4 Å². The van der Waals surface area contributed by atoms with E-state index in [1.807, 2.05) is 0 Å². The number of thiocarbonyl (C=S) groups is 1. The molecular weight excluding hydrogens is 447 g/mol. The van der Waals surface area contributed by atoms with Crippen LogP contribution >= 0.6 is 35.4 Å².